The molecule has 0 saturated carbocycles. The summed E-state index contributed by atoms with van der Waals surface area (Å²) < 4.78 is 11.4. The van der Waals surface area contributed by atoms with Crippen LogP contribution in [0.2, 0.25) is 0 Å². The monoisotopic (exact) mass is 355 g/mol. The van der Waals surface area contributed by atoms with Gasteiger partial charge in [-0.2, -0.15) is 0 Å². The van der Waals surface area contributed by atoms with Crippen molar-refractivity contribution in [3.8, 4) is 0 Å². The fraction of sp³-hybridized carbons (Fsp3) is 0.500. The van der Waals surface area contributed by atoms with Crippen LogP contribution in [0.1, 0.15) is 16.8 Å². The van der Waals surface area contributed by atoms with Gasteiger partial charge in [0.1, 0.15) is 0 Å². The Labute approximate surface area is 153 Å². The molecule has 0 unspecified atom stereocenters. The molecule has 1 aromatic heterocycles. The molecule has 1 aromatic carbocycles. The Morgan fingerprint density at radius 2 is 2.00 bits per heavy atom. The number of pyridine rings is 1. The van der Waals surface area contributed by atoms with Crippen LogP contribution >= 0.6 is 0 Å². The lowest BCUT2D eigenvalue weighted by Gasteiger charge is -2.31. The second-order valence-electron chi connectivity index (χ2n) is 6.89. The number of hydrogen-bond acceptors (Lipinski definition) is 5. The number of fused-ring (bicyclic) bond motifs is 1. The first-order valence-corrected chi connectivity index (χ1v) is 9.36. The van der Waals surface area contributed by atoms with Crippen molar-refractivity contribution in [2.24, 2.45) is 0 Å². The zero-order valence-corrected chi connectivity index (χ0v) is 15.0. The number of benzene rings is 1. The van der Waals surface area contributed by atoms with Crippen molar-refractivity contribution in [3.05, 3.63) is 42.1 Å². The van der Waals surface area contributed by atoms with Crippen LogP contribution in [-0.2, 0) is 9.47 Å². The molecule has 0 aliphatic carbocycles. The van der Waals surface area contributed by atoms with Gasteiger partial charge in [0.05, 0.1) is 24.8 Å². The molecule has 6 nitrogen and oxygen atoms in total. The maximum Gasteiger partial charge on any atom is 0.254 e. The van der Waals surface area contributed by atoms with Gasteiger partial charge in [0.2, 0.25) is 0 Å². The number of rotatable bonds is 3. The molecule has 0 bridgehead atoms. The minimum Gasteiger partial charge on any atom is -0.379 e. The van der Waals surface area contributed by atoms with E-state index in [1.54, 1.807) is 6.20 Å². The highest BCUT2D eigenvalue weighted by Gasteiger charge is 2.26. The van der Waals surface area contributed by atoms with Crippen LogP contribution in [0.4, 0.5) is 0 Å². The van der Waals surface area contributed by atoms with Crippen molar-refractivity contribution in [2.45, 2.75) is 12.5 Å². The largest absolute Gasteiger partial charge is 0.379 e. The zero-order chi connectivity index (χ0) is 17.8. The number of hydrogen-bond donors (Lipinski definition) is 0. The fourth-order valence-electron chi connectivity index (χ4n) is 3.72. The Kier molecular flexibility index (Phi) is 5.43. The predicted molar refractivity (Wildman–Crippen MR) is 99.3 cm³/mol. The van der Waals surface area contributed by atoms with Crippen molar-refractivity contribution < 1.29 is 14.3 Å². The van der Waals surface area contributed by atoms with Crippen molar-refractivity contribution in [2.75, 3.05) is 52.5 Å². The molecule has 0 spiro atoms. The lowest BCUT2D eigenvalue weighted by molar-refractivity contribution is -0.0112. The topological polar surface area (TPSA) is 54.9 Å². The highest BCUT2D eigenvalue weighted by atomic mass is 16.5. The zero-order valence-electron chi connectivity index (χ0n) is 15.0. The third-order valence-electron chi connectivity index (χ3n) is 5.08. The Balaban J connectivity index is 1.50. The van der Waals surface area contributed by atoms with E-state index in [4.69, 9.17) is 9.47 Å². The lowest BCUT2D eigenvalue weighted by atomic mass is 10.1. The maximum atomic E-state index is 13.2. The highest BCUT2D eigenvalue weighted by molar-refractivity contribution is 6.06. The molecule has 1 amide bonds. The summed E-state index contributed by atoms with van der Waals surface area (Å²) >= 11 is 0. The standard InChI is InChI=1S/C20H25N3O3/c24-20(18-4-1-6-19-17(18)5-2-7-21-19)23-8-3-11-26-16(15-23)14-22-9-12-25-13-10-22/h1-2,4-7,16H,3,8-15H2/t16-/m1/s1. The van der Waals surface area contributed by atoms with Gasteiger partial charge in [-0.05, 0) is 24.6 Å². The maximum absolute atomic E-state index is 13.2. The van der Waals surface area contributed by atoms with Gasteiger partial charge in [0, 0.05) is 56.5 Å². The summed E-state index contributed by atoms with van der Waals surface area (Å²) in [5, 5.41) is 0.912. The molecule has 4 rings (SSSR count). The van der Waals surface area contributed by atoms with E-state index in [1.165, 1.54) is 0 Å². The molecule has 3 heterocycles. The average Bonchev–Trinajstić information content (AvgIpc) is 2.93. The minimum absolute atomic E-state index is 0.0488. The molecular weight excluding hydrogens is 330 g/mol. The Morgan fingerprint density at radius 3 is 2.88 bits per heavy atom. The van der Waals surface area contributed by atoms with Crippen LogP contribution in [0.3, 0.4) is 0 Å². The molecule has 2 aromatic rings. The Bertz CT molecular complexity index is 756. The van der Waals surface area contributed by atoms with E-state index < -0.39 is 0 Å². The molecule has 0 radical (unpaired) electrons. The normalized spacial score (nSPS) is 22.3. The molecule has 138 valence electrons. The third kappa shape index (κ3) is 3.87. The van der Waals surface area contributed by atoms with Gasteiger partial charge in [0.25, 0.3) is 5.91 Å². The summed E-state index contributed by atoms with van der Waals surface area (Å²) in [5.41, 5.74) is 1.58. The molecule has 26 heavy (non-hydrogen) atoms. The van der Waals surface area contributed by atoms with Gasteiger partial charge in [-0.25, -0.2) is 0 Å². The van der Waals surface area contributed by atoms with Crippen molar-refractivity contribution in [3.63, 3.8) is 0 Å². The quantitative estimate of drug-likeness (QED) is 0.840. The van der Waals surface area contributed by atoms with Gasteiger partial charge in [-0.1, -0.05) is 12.1 Å². The van der Waals surface area contributed by atoms with Gasteiger partial charge >= 0.3 is 0 Å². The summed E-state index contributed by atoms with van der Waals surface area (Å²) in [4.78, 5) is 21.9. The Morgan fingerprint density at radius 1 is 1.12 bits per heavy atom. The van der Waals surface area contributed by atoms with E-state index in [2.05, 4.69) is 9.88 Å². The van der Waals surface area contributed by atoms with Crippen molar-refractivity contribution in [1.82, 2.24) is 14.8 Å². The summed E-state index contributed by atoms with van der Waals surface area (Å²) in [5.74, 6) is 0.0704. The van der Waals surface area contributed by atoms with E-state index in [1.807, 2.05) is 35.2 Å². The van der Waals surface area contributed by atoms with E-state index in [0.717, 1.165) is 62.3 Å². The lowest BCUT2D eigenvalue weighted by Crippen LogP contribution is -2.45. The molecule has 6 heteroatoms. The highest BCUT2D eigenvalue weighted by Crippen LogP contribution is 2.20. The summed E-state index contributed by atoms with van der Waals surface area (Å²) in [6.45, 7) is 6.34. The molecule has 2 aliphatic heterocycles. The van der Waals surface area contributed by atoms with Crippen LogP contribution < -0.4 is 0 Å². The number of carbonyl (C=O) groups is 1. The number of aromatic nitrogens is 1. The predicted octanol–water partition coefficient (Wildman–Crippen LogP) is 1.80. The number of ether oxygens (including phenoxy) is 2. The first-order valence-electron chi connectivity index (χ1n) is 9.36. The molecule has 2 fully saturated rings. The minimum atomic E-state index is 0.0488. The first-order chi connectivity index (χ1) is 12.8. The van der Waals surface area contributed by atoms with Crippen molar-refractivity contribution in [1.29, 1.82) is 0 Å². The number of amides is 1. The average molecular weight is 355 g/mol. The van der Waals surface area contributed by atoms with Crippen LogP contribution in [0.5, 0.6) is 0 Å². The van der Waals surface area contributed by atoms with Gasteiger partial charge in [0.15, 0.2) is 0 Å². The molecule has 0 N–H and O–H groups in total. The van der Waals surface area contributed by atoms with E-state index >= 15 is 0 Å². The van der Waals surface area contributed by atoms with Crippen LogP contribution in [-0.4, -0.2) is 79.3 Å². The van der Waals surface area contributed by atoms with Crippen molar-refractivity contribution >= 4 is 16.8 Å². The number of morpholine rings is 1. The van der Waals surface area contributed by atoms with E-state index in [0.29, 0.717) is 13.2 Å². The second kappa shape index (κ2) is 8.12. The fourth-order valence-corrected chi connectivity index (χ4v) is 3.72. The van der Waals surface area contributed by atoms with Crippen LogP contribution in [0, 0.1) is 0 Å². The molecular formula is C20H25N3O3. The molecule has 1 atom stereocenters. The summed E-state index contributed by atoms with van der Waals surface area (Å²) in [6, 6.07) is 9.59. The first kappa shape index (κ1) is 17.4. The third-order valence-corrected chi connectivity index (χ3v) is 5.08. The van der Waals surface area contributed by atoms with E-state index in [9.17, 15) is 4.79 Å². The van der Waals surface area contributed by atoms with Crippen LogP contribution in [0.25, 0.3) is 10.9 Å². The van der Waals surface area contributed by atoms with Crippen LogP contribution in [0.15, 0.2) is 36.5 Å². The summed E-state index contributed by atoms with van der Waals surface area (Å²) in [6.07, 6.45) is 2.68. The van der Waals surface area contributed by atoms with Gasteiger partial charge < -0.3 is 14.4 Å². The molecule has 2 saturated heterocycles. The number of nitrogens with zero attached hydrogens (tertiary/aromatic N) is 3. The smallest absolute Gasteiger partial charge is 0.254 e. The Hall–Kier alpha value is -2.02. The SMILES string of the molecule is O=C(c1cccc2ncccc12)N1CCCO[C@H](CN2CCOCC2)C1. The second-order valence-corrected chi connectivity index (χ2v) is 6.89. The summed E-state index contributed by atoms with van der Waals surface area (Å²) in [7, 11) is 0. The number of carbonyl (C=O) groups excluding carboxylic acids is 1. The van der Waals surface area contributed by atoms with E-state index in [-0.39, 0.29) is 12.0 Å². The van der Waals surface area contributed by atoms with Gasteiger partial charge in [-0.3, -0.25) is 14.7 Å². The van der Waals surface area contributed by atoms with Gasteiger partial charge in [-0.15, -0.1) is 0 Å². The molecule has 2 aliphatic rings.